The van der Waals surface area contributed by atoms with Crippen molar-refractivity contribution in [3.05, 3.63) is 83.0 Å². The molecule has 0 atom stereocenters. The number of aromatic nitrogens is 1. The third kappa shape index (κ3) is 4.60. The predicted octanol–water partition coefficient (Wildman–Crippen LogP) is 4.31. The summed E-state index contributed by atoms with van der Waals surface area (Å²) < 4.78 is 33.3. The van der Waals surface area contributed by atoms with Crippen LogP contribution < -0.4 is 9.46 Å². The van der Waals surface area contributed by atoms with Gasteiger partial charge >= 0.3 is 0 Å². The van der Waals surface area contributed by atoms with Crippen molar-refractivity contribution in [2.75, 3.05) is 0 Å². The van der Waals surface area contributed by atoms with E-state index in [0.717, 1.165) is 5.56 Å². The van der Waals surface area contributed by atoms with E-state index in [4.69, 9.17) is 16.3 Å². The molecule has 0 aliphatic heterocycles. The Morgan fingerprint density at radius 3 is 2.69 bits per heavy atom. The standard InChI is InChI=1S/C19H17ClN2O3S/c1-14-8-9-16(20)12-18(14)26(23,24)22-13-15-5-4-6-17(11-15)25-19-7-2-3-10-21-19/h2-12,22H,13H2,1H3. The van der Waals surface area contributed by atoms with Gasteiger partial charge in [0.05, 0.1) is 4.90 Å². The lowest BCUT2D eigenvalue weighted by molar-refractivity contribution is 0.462. The number of halogens is 1. The van der Waals surface area contributed by atoms with Crippen LogP contribution in [0.2, 0.25) is 5.02 Å². The highest BCUT2D eigenvalue weighted by Gasteiger charge is 2.17. The molecule has 1 aromatic heterocycles. The number of hydrogen-bond acceptors (Lipinski definition) is 4. The van der Waals surface area contributed by atoms with E-state index in [1.165, 1.54) is 6.07 Å². The van der Waals surface area contributed by atoms with E-state index < -0.39 is 10.0 Å². The smallest absolute Gasteiger partial charge is 0.241 e. The number of benzene rings is 2. The van der Waals surface area contributed by atoms with Gasteiger partial charge in [0.25, 0.3) is 0 Å². The largest absolute Gasteiger partial charge is 0.439 e. The van der Waals surface area contributed by atoms with E-state index in [2.05, 4.69) is 9.71 Å². The minimum absolute atomic E-state index is 0.133. The topological polar surface area (TPSA) is 68.3 Å². The maximum atomic E-state index is 12.5. The number of pyridine rings is 1. The molecule has 0 unspecified atom stereocenters. The SMILES string of the molecule is Cc1ccc(Cl)cc1S(=O)(=O)NCc1cccc(Oc2ccccn2)c1. The van der Waals surface area contributed by atoms with Crippen LogP contribution in [0.3, 0.4) is 0 Å². The number of aryl methyl sites for hydroxylation is 1. The summed E-state index contributed by atoms with van der Waals surface area (Å²) in [5.41, 5.74) is 1.40. The van der Waals surface area contributed by atoms with E-state index >= 15 is 0 Å². The molecule has 2 aromatic carbocycles. The maximum Gasteiger partial charge on any atom is 0.241 e. The van der Waals surface area contributed by atoms with Gasteiger partial charge in [0, 0.05) is 23.8 Å². The molecule has 0 saturated carbocycles. The van der Waals surface area contributed by atoms with Crippen LogP contribution in [0, 0.1) is 6.92 Å². The molecule has 0 radical (unpaired) electrons. The van der Waals surface area contributed by atoms with Crippen molar-refractivity contribution >= 4 is 21.6 Å². The molecule has 0 fully saturated rings. The third-order valence-corrected chi connectivity index (χ3v) is 5.44. The summed E-state index contributed by atoms with van der Waals surface area (Å²) in [6.45, 7) is 1.86. The van der Waals surface area contributed by atoms with Gasteiger partial charge in [0.2, 0.25) is 15.9 Å². The summed E-state index contributed by atoms with van der Waals surface area (Å²) in [7, 11) is -3.67. The van der Waals surface area contributed by atoms with E-state index in [-0.39, 0.29) is 11.4 Å². The number of nitrogens with zero attached hydrogens (tertiary/aromatic N) is 1. The first kappa shape index (κ1) is 18.4. The van der Waals surface area contributed by atoms with Gasteiger partial charge in [-0.1, -0.05) is 35.9 Å². The Hall–Kier alpha value is -2.41. The fraction of sp³-hybridized carbons (Fsp3) is 0.105. The van der Waals surface area contributed by atoms with Crippen LogP contribution in [0.1, 0.15) is 11.1 Å². The lowest BCUT2D eigenvalue weighted by atomic mass is 10.2. The second kappa shape index (κ2) is 7.86. The Morgan fingerprint density at radius 1 is 1.08 bits per heavy atom. The molecular formula is C19H17ClN2O3S. The molecule has 5 nitrogen and oxygen atoms in total. The van der Waals surface area contributed by atoms with Crippen molar-refractivity contribution in [2.24, 2.45) is 0 Å². The van der Waals surface area contributed by atoms with Gasteiger partial charge in [0.15, 0.2) is 0 Å². The summed E-state index contributed by atoms with van der Waals surface area (Å²) in [6, 6.07) is 17.3. The van der Waals surface area contributed by atoms with E-state index in [0.29, 0.717) is 22.2 Å². The minimum atomic E-state index is -3.67. The zero-order chi connectivity index (χ0) is 18.6. The zero-order valence-corrected chi connectivity index (χ0v) is 15.6. The molecule has 1 heterocycles. The van der Waals surface area contributed by atoms with Crippen LogP contribution in [-0.2, 0) is 16.6 Å². The van der Waals surface area contributed by atoms with Crippen molar-refractivity contribution in [3.8, 4) is 11.6 Å². The molecule has 0 aliphatic carbocycles. The molecule has 134 valence electrons. The third-order valence-electron chi connectivity index (χ3n) is 3.66. The van der Waals surface area contributed by atoms with Crippen LogP contribution in [-0.4, -0.2) is 13.4 Å². The first-order valence-electron chi connectivity index (χ1n) is 7.88. The monoisotopic (exact) mass is 388 g/mol. The first-order valence-corrected chi connectivity index (χ1v) is 9.74. The summed E-state index contributed by atoms with van der Waals surface area (Å²) in [4.78, 5) is 4.27. The Bertz CT molecular complexity index is 1010. The number of rotatable bonds is 6. The second-order valence-corrected chi connectivity index (χ2v) is 7.82. The van der Waals surface area contributed by atoms with E-state index in [9.17, 15) is 8.42 Å². The van der Waals surface area contributed by atoms with Crippen molar-refractivity contribution in [1.29, 1.82) is 0 Å². The number of sulfonamides is 1. The van der Waals surface area contributed by atoms with Crippen molar-refractivity contribution in [2.45, 2.75) is 18.4 Å². The van der Waals surface area contributed by atoms with Crippen LogP contribution >= 0.6 is 11.6 Å². The Kier molecular flexibility index (Phi) is 5.56. The average Bonchev–Trinajstić information content (AvgIpc) is 2.63. The van der Waals surface area contributed by atoms with Crippen LogP contribution in [0.5, 0.6) is 11.6 Å². The van der Waals surface area contributed by atoms with Crippen molar-refractivity contribution in [1.82, 2.24) is 9.71 Å². The van der Waals surface area contributed by atoms with Gasteiger partial charge in [-0.25, -0.2) is 18.1 Å². The minimum Gasteiger partial charge on any atom is -0.439 e. The molecule has 0 aliphatic rings. The Balaban J connectivity index is 1.73. The normalized spacial score (nSPS) is 11.3. The molecule has 0 spiro atoms. The Morgan fingerprint density at radius 2 is 1.92 bits per heavy atom. The van der Waals surface area contributed by atoms with Gasteiger partial charge in [-0.15, -0.1) is 0 Å². The lowest BCUT2D eigenvalue weighted by Gasteiger charge is -2.11. The number of ether oxygens (including phenoxy) is 1. The van der Waals surface area contributed by atoms with Gasteiger partial charge in [-0.3, -0.25) is 0 Å². The fourth-order valence-corrected chi connectivity index (χ4v) is 3.89. The van der Waals surface area contributed by atoms with Crippen LogP contribution in [0.25, 0.3) is 0 Å². The Labute approximate surface area is 157 Å². The van der Waals surface area contributed by atoms with Crippen LogP contribution in [0.4, 0.5) is 0 Å². The number of hydrogen-bond donors (Lipinski definition) is 1. The summed E-state index contributed by atoms with van der Waals surface area (Å²) in [5.74, 6) is 1.05. The zero-order valence-electron chi connectivity index (χ0n) is 14.0. The van der Waals surface area contributed by atoms with Gasteiger partial charge in [-0.2, -0.15) is 0 Å². The fourth-order valence-electron chi connectivity index (χ4n) is 2.37. The van der Waals surface area contributed by atoms with Gasteiger partial charge in [-0.05, 0) is 48.4 Å². The quantitative estimate of drug-likeness (QED) is 0.683. The molecule has 3 aromatic rings. The van der Waals surface area contributed by atoms with E-state index in [1.54, 1.807) is 55.6 Å². The maximum absolute atomic E-state index is 12.5. The molecular weight excluding hydrogens is 372 g/mol. The molecule has 26 heavy (non-hydrogen) atoms. The highest BCUT2D eigenvalue weighted by molar-refractivity contribution is 7.89. The molecule has 0 bridgehead atoms. The van der Waals surface area contributed by atoms with Crippen LogP contribution in [0.15, 0.2) is 71.8 Å². The molecule has 0 amide bonds. The summed E-state index contributed by atoms with van der Waals surface area (Å²) in [6.07, 6.45) is 1.64. The number of nitrogens with one attached hydrogen (secondary N) is 1. The molecule has 1 N–H and O–H groups in total. The second-order valence-electron chi connectivity index (χ2n) is 5.65. The first-order chi connectivity index (χ1) is 12.4. The van der Waals surface area contributed by atoms with Crippen molar-refractivity contribution < 1.29 is 13.2 Å². The highest BCUT2D eigenvalue weighted by Crippen LogP contribution is 2.22. The summed E-state index contributed by atoms with van der Waals surface area (Å²) in [5, 5.41) is 0.377. The van der Waals surface area contributed by atoms with Gasteiger partial charge < -0.3 is 4.74 Å². The highest BCUT2D eigenvalue weighted by atomic mass is 35.5. The average molecular weight is 389 g/mol. The lowest BCUT2D eigenvalue weighted by Crippen LogP contribution is -2.24. The molecule has 3 rings (SSSR count). The molecule has 7 heteroatoms. The van der Waals surface area contributed by atoms with E-state index in [1.807, 2.05) is 12.1 Å². The predicted molar refractivity (Wildman–Crippen MR) is 101 cm³/mol. The molecule has 0 saturated heterocycles. The van der Waals surface area contributed by atoms with Gasteiger partial charge in [0.1, 0.15) is 5.75 Å². The summed E-state index contributed by atoms with van der Waals surface area (Å²) >= 11 is 5.92. The van der Waals surface area contributed by atoms with Crippen molar-refractivity contribution in [3.63, 3.8) is 0 Å².